The van der Waals surface area contributed by atoms with Crippen molar-refractivity contribution in [2.24, 2.45) is 7.05 Å². The molecule has 0 amide bonds. The van der Waals surface area contributed by atoms with Crippen LogP contribution in [0.4, 0.5) is 0 Å². The Morgan fingerprint density at radius 2 is 2.24 bits per heavy atom. The van der Waals surface area contributed by atoms with Gasteiger partial charge in [-0.1, -0.05) is 6.92 Å². The minimum Gasteiger partial charge on any atom is -0.382 e. The fraction of sp³-hybridized carbons (Fsp3) is 0.769. The first kappa shape index (κ1) is 14.2. The molecule has 1 aromatic rings. The van der Waals surface area contributed by atoms with E-state index >= 15 is 0 Å². The summed E-state index contributed by atoms with van der Waals surface area (Å²) in [6.07, 6.45) is 3.28. The van der Waals surface area contributed by atoms with Crippen LogP contribution in [0.1, 0.15) is 31.7 Å². The number of nitrogens with zero attached hydrogens (tertiary/aromatic N) is 2. The Bertz CT molecular complexity index is 335. The summed E-state index contributed by atoms with van der Waals surface area (Å²) in [5, 5.41) is 7.82. The van der Waals surface area contributed by atoms with E-state index in [4.69, 9.17) is 4.74 Å². The van der Waals surface area contributed by atoms with Crippen LogP contribution in [0.2, 0.25) is 0 Å². The molecule has 1 heterocycles. The highest BCUT2D eigenvalue weighted by Crippen LogP contribution is 2.10. The van der Waals surface area contributed by atoms with E-state index in [1.54, 1.807) is 7.11 Å². The van der Waals surface area contributed by atoms with E-state index in [1.807, 2.05) is 18.8 Å². The third-order valence-electron chi connectivity index (χ3n) is 3.27. The van der Waals surface area contributed by atoms with Gasteiger partial charge in [0, 0.05) is 32.3 Å². The highest BCUT2D eigenvalue weighted by Gasteiger charge is 2.14. The lowest BCUT2D eigenvalue weighted by Gasteiger charge is -2.19. The molecule has 0 aliphatic carbocycles. The van der Waals surface area contributed by atoms with Gasteiger partial charge in [0.1, 0.15) is 0 Å². The molecule has 4 heteroatoms. The Labute approximate surface area is 104 Å². The summed E-state index contributed by atoms with van der Waals surface area (Å²) in [4.78, 5) is 0. The monoisotopic (exact) mass is 239 g/mol. The minimum atomic E-state index is 0.284. The number of likely N-dealkylation sites (N-methyl/N-ethyl adjacent to an activating group) is 1. The zero-order chi connectivity index (χ0) is 12.8. The van der Waals surface area contributed by atoms with Crippen LogP contribution < -0.4 is 5.32 Å². The molecule has 1 aromatic heterocycles. The number of aryl methyl sites for hydroxylation is 2. The average Bonchev–Trinajstić information content (AvgIpc) is 2.69. The summed E-state index contributed by atoms with van der Waals surface area (Å²) in [7, 11) is 5.78. The predicted octanol–water partition coefficient (Wildman–Crippen LogP) is 1.54. The third kappa shape index (κ3) is 4.13. The highest BCUT2D eigenvalue weighted by molar-refractivity contribution is 5.11. The average molecular weight is 239 g/mol. The van der Waals surface area contributed by atoms with Gasteiger partial charge in [0.25, 0.3) is 0 Å². The summed E-state index contributed by atoms with van der Waals surface area (Å²) in [5.74, 6) is 0. The molecule has 98 valence electrons. The number of methoxy groups -OCH3 is 1. The quantitative estimate of drug-likeness (QED) is 0.784. The molecule has 0 aliphatic rings. The summed E-state index contributed by atoms with van der Waals surface area (Å²) < 4.78 is 7.30. The smallest absolute Gasteiger partial charge is 0.0624 e. The number of hydrogen-bond donors (Lipinski definition) is 1. The molecule has 0 saturated carbocycles. The van der Waals surface area contributed by atoms with Gasteiger partial charge < -0.3 is 10.1 Å². The van der Waals surface area contributed by atoms with Crippen LogP contribution in [0.5, 0.6) is 0 Å². The van der Waals surface area contributed by atoms with Gasteiger partial charge in [-0.05, 0) is 32.9 Å². The lowest BCUT2D eigenvalue weighted by atomic mass is 10.0. The molecule has 17 heavy (non-hydrogen) atoms. The van der Waals surface area contributed by atoms with Gasteiger partial charge in [0.05, 0.1) is 11.8 Å². The second-order valence-electron chi connectivity index (χ2n) is 4.58. The van der Waals surface area contributed by atoms with Crippen molar-refractivity contribution in [3.8, 4) is 0 Å². The van der Waals surface area contributed by atoms with E-state index in [0.29, 0.717) is 6.04 Å². The van der Waals surface area contributed by atoms with Crippen LogP contribution in [0.3, 0.4) is 0 Å². The maximum Gasteiger partial charge on any atom is 0.0624 e. The Hall–Kier alpha value is -0.870. The zero-order valence-corrected chi connectivity index (χ0v) is 11.7. The van der Waals surface area contributed by atoms with Crippen LogP contribution in [0.25, 0.3) is 0 Å². The lowest BCUT2D eigenvalue weighted by molar-refractivity contribution is 0.101. The van der Waals surface area contributed by atoms with E-state index in [-0.39, 0.29) is 6.10 Å². The standard InChI is InChI=1S/C13H25N3O/c1-6-11-8-13(16(4)15-11)9-12(14-3)7-10(2)17-5/h8,10,12,14H,6-7,9H2,1-5H3. The van der Waals surface area contributed by atoms with Crippen LogP contribution in [0.15, 0.2) is 6.07 Å². The first-order valence-corrected chi connectivity index (χ1v) is 6.32. The van der Waals surface area contributed by atoms with Crippen LogP contribution in [0, 0.1) is 0 Å². The van der Waals surface area contributed by atoms with E-state index < -0.39 is 0 Å². The second kappa shape index (κ2) is 6.77. The summed E-state index contributed by atoms with van der Waals surface area (Å²) >= 11 is 0. The van der Waals surface area contributed by atoms with E-state index in [1.165, 1.54) is 5.69 Å². The highest BCUT2D eigenvalue weighted by atomic mass is 16.5. The van der Waals surface area contributed by atoms with Crippen molar-refractivity contribution in [3.05, 3.63) is 17.5 Å². The molecule has 2 unspecified atom stereocenters. The molecule has 1 N–H and O–H groups in total. The van der Waals surface area contributed by atoms with Crippen molar-refractivity contribution >= 4 is 0 Å². The van der Waals surface area contributed by atoms with E-state index in [0.717, 1.165) is 25.0 Å². The number of nitrogens with one attached hydrogen (secondary N) is 1. The second-order valence-corrected chi connectivity index (χ2v) is 4.58. The van der Waals surface area contributed by atoms with E-state index in [9.17, 15) is 0 Å². The predicted molar refractivity (Wildman–Crippen MR) is 70.2 cm³/mol. The number of hydrogen-bond acceptors (Lipinski definition) is 3. The molecule has 0 aliphatic heterocycles. The summed E-state index contributed by atoms with van der Waals surface area (Å²) in [5.41, 5.74) is 2.45. The fourth-order valence-electron chi connectivity index (χ4n) is 1.99. The zero-order valence-electron chi connectivity index (χ0n) is 11.7. The molecule has 0 radical (unpaired) electrons. The number of ether oxygens (including phenoxy) is 1. The van der Waals surface area contributed by atoms with Crippen molar-refractivity contribution < 1.29 is 4.74 Å². The first-order valence-electron chi connectivity index (χ1n) is 6.32. The van der Waals surface area contributed by atoms with Gasteiger partial charge in [-0.2, -0.15) is 5.10 Å². The Morgan fingerprint density at radius 3 is 2.71 bits per heavy atom. The Balaban J connectivity index is 2.63. The largest absolute Gasteiger partial charge is 0.382 e. The molecule has 0 aromatic carbocycles. The van der Waals surface area contributed by atoms with E-state index in [2.05, 4.69) is 30.3 Å². The van der Waals surface area contributed by atoms with Crippen molar-refractivity contribution in [3.63, 3.8) is 0 Å². The Morgan fingerprint density at radius 1 is 1.53 bits per heavy atom. The van der Waals surface area contributed by atoms with Gasteiger partial charge in [0.15, 0.2) is 0 Å². The van der Waals surface area contributed by atoms with Gasteiger partial charge in [0.2, 0.25) is 0 Å². The molecular formula is C13H25N3O. The van der Waals surface area contributed by atoms with Gasteiger partial charge in [-0.15, -0.1) is 0 Å². The summed E-state index contributed by atoms with van der Waals surface area (Å²) in [6.45, 7) is 4.24. The summed E-state index contributed by atoms with van der Waals surface area (Å²) in [6, 6.07) is 2.63. The van der Waals surface area contributed by atoms with Gasteiger partial charge in [-0.3, -0.25) is 4.68 Å². The molecule has 4 nitrogen and oxygen atoms in total. The van der Waals surface area contributed by atoms with Crippen molar-refractivity contribution in [2.75, 3.05) is 14.2 Å². The molecule has 0 saturated heterocycles. The Kier molecular flexibility index (Phi) is 5.65. The number of rotatable bonds is 7. The molecule has 2 atom stereocenters. The number of aromatic nitrogens is 2. The first-order chi connectivity index (χ1) is 8.10. The minimum absolute atomic E-state index is 0.284. The van der Waals surface area contributed by atoms with Crippen LogP contribution in [-0.4, -0.2) is 36.1 Å². The molecule has 0 fully saturated rings. The lowest BCUT2D eigenvalue weighted by Crippen LogP contribution is -2.32. The van der Waals surface area contributed by atoms with Gasteiger partial charge >= 0.3 is 0 Å². The molecular weight excluding hydrogens is 214 g/mol. The van der Waals surface area contributed by atoms with Gasteiger partial charge in [-0.25, -0.2) is 0 Å². The maximum atomic E-state index is 5.31. The maximum absolute atomic E-state index is 5.31. The van der Waals surface area contributed by atoms with Crippen LogP contribution in [-0.2, 0) is 24.6 Å². The SMILES string of the molecule is CCc1cc(CC(CC(C)OC)NC)n(C)n1. The van der Waals surface area contributed by atoms with Crippen molar-refractivity contribution in [1.82, 2.24) is 15.1 Å². The normalized spacial score (nSPS) is 14.9. The third-order valence-corrected chi connectivity index (χ3v) is 3.27. The van der Waals surface area contributed by atoms with Crippen LogP contribution >= 0.6 is 0 Å². The molecule has 0 bridgehead atoms. The molecule has 0 spiro atoms. The van der Waals surface area contributed by atoms with Crippen molar-refractivity contribution in [2.45, 2.75) is 45.3 Å². The van der Waals surface area contributed by atoms with Crippen molar-refractivity contribution in [1.29, 1.82) is 0 Å². The fourth-order valence-corrected chi connectivity index (χ4v) is 1.99. The molecule has 1 rings (SSSR count). The topological polar surface area (TPSA) is 39.1 Å².